The Morgan fingerprint density at radius 1 is 1.71 bits per heavy atom. The third-order valence-corrected chi connectivity index (χ3v) is 1.96. The van der Waals surface area contributed by atoms with E-state index < -0.39 is 0 Å². The maximum Gasteiger partial charge on any atom is 0.136 e. The second-order valence-corrected chi connectivity index (χ2v) is 4.41. The zero-order chi connectivity index (χ0) is 5.28. The Labute approximate surface area is 47.4 Å². The minimum absolute atomic E-state index is 0.592. The lowest BCUT2D eigenvalue weighted by molar-refractivity contribution is 0.426. The van der Waals surface area contributed by atoms with Crippen LogP contribution in [0.5, 0.6) is 0 Å². The van der Waals surface area contributed by atoms with E-state index in [1.54, 1.807) is 0 Å². The van der Waals surface area contributed by atoms with Crippen molar-refractivity contribution in [1.29, 1.82) is 0 Å². The fourth-order valence-electron chi connectivity index (χ4n) is 0.536. The van der Waals surface area contributed by atoms with E-state index in [1.165, 1.54) is 5.75 Å². The minimum Gasteiger partial charge on any atom is -0.368 e. The van der Waals surface area contributed by atoms with Gasteiger partial charge in [-0.3, -0.25) is 0 Å². The highest BCUT2D eigenvalue weighted by molar-refractivity contribution is 7.95. The summed E-state index contributed by atoms with van der Waals surface area (Å²) in [5.74, 6) is 1.28. The van der Waals surface area contributed by atoms with Crippen LogP contribution in [0.4, 0.5) is 0 Å². The molecule has 0 amide bonds. The van der Waals surface area contributed by atoms with Crippen molar-refractivity contribution in [2.75, 3.05) is 24.9 Å². The van der Waals surface area contributed by atoms with Gasteiger partial charge in [0.25, 0.3) is 0 Å². The minimum atomic E-state index is 0.592. The van der Waals surface area contributed by atoms with Gasteiger partial charge < -0.3 is 4.74 Å². The first-order chi connectivity index (χ1) is 3.29. The van der Waals surface area contributed by atoms with E-state index in [1.807, 2.05) is 0 Å². The molecule has 0 aromatic carbocycles. The lowest BCUT2D eigenvalue weighted by Crippen LogP contribution is -2.06. The summed E-state index contributed by atoms with van der Waals surface area (Å²) < 4.78 is 5.03. The number of ether oxygens (including phenoxy) is 1. The quantitative estimate of drug-likeness (QED) is 0.375. The summed E-state index contributed by atoms with van der Waals surface area (Å²) in [7, 11) is 0.592. The number of rotatable bonds is 2. The van der Waals surface area contributed by atoms with E-state index in [2.05, 4.69) is 12.5 Å². The summed E-state index contributed by atoms with van der Waals surface area (Å²) in [4.78, 5) is 0. The van der Waals surface area contributed by atoms with Crippen molar-refractivity contribution < 1.29 is 4.74 Å². The van der Waals surface area contributed by atoms with Crippen LogP contribution in [-0.4, -0.2) is 31.0 Å². The Morgan fingerprint density at radius 3 is 2.43 bits per heavy atom. The van der Waals surface area contributed by atoms with Crippen LogP contribution in [0.1, 0.15) is 0 Å². The Kier molecular flexibility index (Phi) is 1.60. The average molecular weight is 119 g/mol. The van der Waals surface area contributed by atoms with E-state index >= 15 is 0 Å². The Bertz CT molecular complexity index is 59.1. The molecule has 1 heterocycles. The molecule has 1 nitrogen and oxygen atoms in total. The van der Waals surface area contributed by atoms with Gasteiger partial charge in [-0.05, 0) is 10.9 Å². The topological polar surface area (TPSA) is 12.5 Å². The maximum atomic E-state index is 5.03. The van der Waals surface area contributed by atoms with Gasteiger partial charge in [-0.15, -0.1) is 0 Å². The van der Waals surface area contributed by atoms with E-state index in [0.717, 1.165) is 6.61 Å². The van der Waals surface area contributed by atoms with Crippen molar-refractivity contribution in [3.05, 3.63) is 0 Å². The van der Waals surface area contributed by atoms with Gasteiger partial charge >= 0.3 is 0 Å². The van der Waals surface area contributed by atoms with Crippen LogP contribution in [0.25, 0.3) is 0 Å². The van der Waals surface area contributed by atoms with Gasteiger partial charge in [0.15, 0.2) is 0 Å². The molecule has 1 unspecified atom stereocenters. The highest BCUT2D eigenvalue weighted by Gasteiger charge is 2.27. The fraction of sp³-hybridized carbons (Fsp3) is 1.00. The van der Waals surface area contributed by atoms with Gasteiger partial charge in [-0.2, -0.15) is 0 Å². The number of hydrogen-bond donors (Lipinski definition) is 0. The molecular weight excluding hydrogens is 108 g/mol. The zero-order valence-corrected chi connectivity index (χ0v) is 5.62. The maximum absolute atomic E-state index is 5.03. The summed E-state index contributed by atoms with van der Waals surface area (Å²) >= 11 is 0. The van der Waals surface area contributed by atoms with Crippen LogP contribution in [0, 0.1) is 0 Å². The molecule has 1 fully saturated rings. The molecule has 0 bridgehead atoms. The van der Waals surface area contributed by atoms with E-state index in [4.69, 9.17) is 4.74 Å². The van der Waals surface area contributed by atoms with Gasteiger partial charge in [-0.1, -0.05) is 0 Å². The highest BCUT2D eigenvalue weighted by atomic mass is 32.2. The normalized spacial score (nSPS) is 28.7. The van der Waals surface area contributed by atoms with Crippen LogP contribution >= 0.6 is 0 Å². The lowest BCUT2D eigenvalue weighted by Gasteiger charge is -1.87. The summed E-state index contributed by atoms with van der Waals surface area (Å²) in [5.41, 5.74) is 0. The van der Waals surface area contributed by atoms with Crippen LogP contribution in [0.15, 0.2) is 0 Å². The largest absolute Gasteiger partial charge is 0.368 e. The van der Waals surface area contributed by atoms with Crippen molar-refractivity contribution in [2.45, 2.75) is 6.10 Å². The van der Waals surface area contributed by atoms with Gasteiger partial charge in [0.2, 0.25) is 0 Å². The first-order valence-corrected chi connectivity index (χ1v) is 4.66. The molecule has 0 aromatic rings. The van der Waals surface area contributed by atoms with Crippen LogP contribution in [0.3, 0.4) is 0 Å². The molecule has 0 spiro atoms. The smallest absolute Gasteiger partial charge is 0.136 e. The molecule has 42 valence electrons. The average Bonchev–Trinajstić information content (AvgIpc) is 2.17. The van der Waals surface area contributed by atoms with E-state index in [9.17, 15) is 0 Å². The Hall–Kier alpha value is 0.310. The third-order valence-electron chi connectivity index (χ3n) is 0.922. The molecule has 0 N–H and O–H groups in total. The molecule has 7 heavy (non-hydrogen) atoms. The van der Waals surface area contributed by atoms with Crippen LogP contribution in [0.2, 0.25) is 0 Å². The van der Waals surface area contributed by atoms with Crippen molar-refractivity contribution >= 4 is 10.9 Å². The first kappa shape index (κ1) is 5.45. The second-order valence-electron chi connectivity index (χ2n) is 2.11. The van der Waals surface area contributed by atoms with Gasteiger partial charge in [0, 0.05) is 0 Å². The summed E-state index contributed by atoms with van der Waals surface area (Å²) in [6, 6.07) is 0. The first-order valence-electron chi connectivity index (χ1n) is 2.45. The van der Waals surface area contributed by atoms with Crippen molar-refractivity contribution in [1.82, 2.24) is 0 Å². The lowest BCUT2D eigenvalue weighted by atomic mass is 10.6. The van der Waals surface area contributed by atoms with Gasteiger partial charge in [0.05, 0.1) is 19.1 Å². The van der Waals surface area contributed by atoms with E-state index in [-0.39, 0.29) is 0 Å². The summed E-state index contributed by atoms with van der Waals surface area (Å²) in [6.07, 6.45) is 5.14. The molecule has 1 aliphatic rings. The molecule has 0 radical (unpaired) electrons. The molecular formula is C5H11OS+. The SMILES string of the molecule is C[S+](C)CC1CO1. The molecule has 0 aliphatic carbocycles. The third kappa shape index (κ3) is 2.19. The molecule has 0 saturated carbocycles. The van der Waals surface area contributed by atoms with Crippen molar-refractivity contribution in [2.24, 2.45) is 0 Å². The Morgan fingerprint density at radius 2 is 2.29 bits per heavy atom. The molecule has 1 aliphatic heterocycles. The molecule has 2 heteroatoms. The number of hydrogen-bond acceptors (Lipinski definition) is 1. The van der Waals surface area contributed by atoms with Crippen molar-refractivity contribution in [3.8, 4) is 0 Å². The van der Waals surface area contributed by atoms with Crippen molar-refractivity contribution in [3.63, 3.8) is 0 Å². The Balaban J connectivity index is 1.97. The van der Waals surface area contributed by atoms with Gasteiger partial charge in [0.1, 0.15) is 11.9 Å². The molecule has 1 saturated heterocycles. The fourth-order valence-corrected chi connectivity index (χ4v) is 1.47. The second kappa shape index (κ2) is 2.05. The predicted molar refractivity (Wildman–Crippen MR) is 33.8 cm³/mol. The standard InChI is InChI=1S/C5H11OS/c1-7(2)4-5-3-6-5/h5H,3-4H2,1-2H3/q+1. The number of epoxide rings is 1. The van der Waals surface area contributed by atoms with E-state index in [0.29, 0.717) is 17.0 Å². The van der Waals surface area contributed by atoms with Gasteiger partial charge in [-0.25, -0.2) is 0 Å². The zero-order valence-electron chi connectivity index (χ0n) is 4.81. The predicted octanol–water partition coefficient (Wildman–Crippen LogP) is 0.263. The summed E-state index contributed by atoms with van der Waals surface area (Å²) in [5, 5.41) is 0. The molecule has 0 aromatic heterocycles. The van der Waals surface area contributed by atoms with Crippen LogP contribution < -0.4 is 0 Å². The summed E-state index contributed by atoms with van der Waals surface area (Å²) in [6.45, 7) is 1.02. The van der Waals surface area contributed by atoms with Crippen LogP contribution in [-0.2, 0) is 15.6 Å². The monoisotopic (exact) mass is 119 g/mol. The highest BCUT2D eigenvalue weighted by Crippen LogP contribution is 2.10. The molecule has 1 rings (SSSR count). The molecule has 1 atom stereocenters.